The predicted octanol–water partition coefficient (Wildman–Crippen LogP) is 5.57. The molecule has 0 fully saturated rings. The van der Waals surface area contributed by atoms with Crippen LogP contribution in [0.5, 0.6) is 5.75 Å². The molecule has 0 heterocycles. The third-order valence-electron chi connectivity index (χ3n) is 3.06. The smallest absolute Gasteiger partial charge is 0.144 e. The maximum absolute atomic E-state index is 5.76. The second-order valence-corrected chi connectivity index (χ2v) is 7.01. The number of para-hydroxylation sites is 1. The summed E-state index contributed by atoms with van der Waals surface area (Å²) in [4.78, 5) is 1.11. The monoisotopic (exact) mass is 332 g/mol. The van der Waals surface area contributed by atoms with E-state index in [1.54, 1.807) is 35.8 Å². The van der Waals surface area contributed by atoms with Gasteiger partial charge in [0.25, 0.3) is 0 Å². The Bertz CT molecular complexity index is 624. The molecule has 0 N–H and O–H groups in total. The average molecular weight is 332 g/mol. The molecule has 116 valence electrons. The van der Waals surface area contributed by atoms with Crippen LogP contribution in [0.3, 0.4) is 0 Å². The van der Waals surface area contributed by atoms with E-state index in [0.29, 0.717) is 0 Å². The molecular weight excluding hydrogens is 312 g/mol. The van der Waals surface area contributed by atoms with Gasteiger partial charge in [0.2, 0.25) is 0 Å². The Kier molecular flexibility index (Phi) is 6.74. The van der Waals surface area contributed by atoms with Gasteiger partial charge in [-0.2, -0.15) is 0 Å². The van der Waals surface area contributed by atoms with Gasteiger partial charge in [0.05, 0.1) is 24.7 Å². The number of rotatable bonds is 7. The molecule has 22 heavy (non-hydrogen) atoms. The van der Waals surface area contributed by atoms with Crippen molar-refractivity contribution < 1.29 is 9.47 Å². The normalized spacial score (nSPS) is 11.8. The summed E-state index contributed by atoms with van der Waals surface area (Å²) >= 11 is 0. The lowest BCUT2D eigenvalue weighted by atomic mass is 10.1. The van der Waals surface area contributed by atoms with E-state index in [1.165, 1.54) is 0 Å². The van der Waals surface area contributed by atoms with E-state index in [2.05, 4.69) is 19.1 Å². The molecule has 0 aliphatic carbocycles. The molecule has 0 saturated heterocycles. The lowest BCUT2D eigenvalue weighted by Gasteiger charge is -2.16. The summed E-state index contributed by atoms with van der Waals surface area (Å²) in [7, 11) is 6.93. The van der Waals surface area contributed by atoms with Crippen LogP contribution in [0.1, 0.15) is 18.1 Å². The standard InChI is InChI=1S/C18H20O2S2/c1-4-21-22-18(14-10-6-5-7-11-14)17(20-3)15-12-8-9-13-16(15)19-2/h5-13H,4H2,1-3H3. The van der Waals surface area contributed by atoms with Gasteiger partial charge in [-0.3, -0.25) is 0 Å². The molecule has 0 unspecified atom stereocenters. The van der Waals surface area contributed by atoms with Crippen LogP contribution >= 0.6 is 21.6 Å². The molecule has 0 aliphatic heterocycles. The first kappa shape index (κ1) is 16.8. The van der Waals surface area contributed by atoms with Crippen molar-refractivity contribution >= 4 is 32.3 Å². The minimum atomic E-state index is 0.815. The van der Waals surface area contributed by atoms with Gasteiger partial charge in [0, 0.05) is 5.75 Å². The predicted molar refractivity (Wildman–Crippen MR) is 99.0 cm³/mol. The highest BCUT2D eigenvalue weighted by Gasteiger charge is 2.16. The van der Waals surface area contributed by atoms with Crippen LogP contribution in [-0.2, 0) is 4.74 Å². The van der Waals surface area contributed by atoms with E-state index in [4.69, 9.17) is 9.47 Å². The lowest BCUT2D eigenvalue weighted by molar-refractivity contribution is 0.364. The van der Waals surface area contributed by atoms with E-state index in [-0.39, 0.29) is 0 Å². The number of methoxy groups -OCH3 is 2. The fourth-order valence-electron chi connectivity index (χ4n) is 2.08. The van der Waals surface area contributed by atoms with Gasteiger partial charge in [-0.1, -0.05) is 71.0 Å². The number of ether oxygens (including phenoxy) is 2. The molecule has 4 heteroatoms. The quantitative estimate of drug-likeness (QED) is 0.375. The summed E-state index contributed by atoms with van der Waals surface area (Å²) in [5, 5.41) is 0. The van der Waals surface area contributed by atoms with Gasteiger partial charge < -0.3 is 9.47 Å². The third-order valence-corrected chi connectivity index (χ3v) is 5.56. The minimum absolute atomic E-state index is 0.815. The van der Waals surface area contributed by atoms with Gasteiger partial charge in [-0.05, 0) is 17.7 Å². The van der Waals surface area contributed by atoms with Crippen LogP contribution in [0, 0.1) is 0 Å². The Hall–Kier alpha value is -1.52. The first-order chi connectivity index (χ1) is 10.8. The van der Waals surface area contributed by atoms with Crippen LogP contribution < -0.4 is 4.74 Å². The Balaban J connectivity index is 2.58. The zero-order chi connectivity index (χ0) is 15.8. The Morgan fingerprint density at radius 3 is 2.27 bits per heavy atom. The van der Waals surface area contributed by atoms with Crippen LogP contribution in [0.4, 0.5) is 0 Å². The van der Waals surface area contributed by atoms with Crippen LogP contribution in [0.2, 0.25) is 0 Å². The Morgan fingerprint density at radius 2 is 1.64 bits per heavy atom. The maximum atomic E-state index is 5.76. The summed E-state index contributed by atoms with van der Waals surface area (Å²) in [6.07, 6.45) is 0. The highest BCUT2D eigenvalue weighted by molar-refractivity contribution is 8.80. The van der Waals surface area contributed by atoms with Crippen LogP contribution in [-0.4, -0.2) is 20.0 Å². The van der Waals surface area contributed by atoms with Crippen molar-refractivity contribution in [1.82, 2.24) is 0 Å². The maximum Gasteiger partial charge on any atom is 0.144 e. The van der Waals surface area contributed by atoms with Gasteiger partial charge in [-0.15, -0.1) is 0 Å². The second kappa shape index (κ2) is 8.81. The van der Waals surface area contributed by atoms with Crippen molar-refractivity contribution in [2.24, 2.45) is 0 Å². The molecular formula is C18H20O2S2. The van der Waals surface area contributed by atoms with E-state index in [9.17, 15) is 0 Å². The fourth-order valence-corrected chi connectivity index (χ4v) is 4.04. The molecule has 0 radical (unpaired) electrons. The molecule has 0 aliphatic rings. The van der Waals surface area contributed by atoms with E-state index >= 15 is 0 Å². The van der Waals surface area contributed by atoms with Gasteiger partial charge in [0.15, 0.2) is 0 Å². The van der Waals surface area contributed by atoms with Crippen molar-refractivity contribution in [3.8, 4) is 5.75 Å². The zero-order valence-corrected chi connectivity index (χ0v) is 14.7. The van der Waals surface area contributed by atoms with E-state index < -0.39 is 0 Å². The summed E-state index contributed by atoms with van der Waals surface area (Å²) in [6, 6.07) is 18.3. The molecule has 0 saturated carbocycles. The molecule has 2 nitrogen and oxygen atoms in total. The lowest BCUT2D eigenvalue weighted by Crippen LogP contribution is -1.96. The van der Waals surface area contributed by atoms with E-state index in [0.717, 1.165) is 33.3 Å². The molecule has 0 bridgehead atoms. The molecule has 0 atom stereocenters. The Labute approximate surface area is 140 Å². The molecule has 0 aromatic heterocycles. The van der Waals surface area contributed by atoms with Crippen molar-refractivity contribution in [2.45, 2.75) is 6.92 Å². The molecule has 0 amide bonds. The molecule has 2 aromatic carbocycles. The number of benzene rings is 2. The fraction of sp³-hybridized carbons (Fsp3) is 0.222. The minimum Gasteiger partial charge on any atom is -0.496 e. The number of hydrogen-bond acceptors (Lipinski definition) is 4. The number of hydrogen-bond donors (Lipinski definition) is 0. The Morgan fingerprint density at radius 1 is 0.955 bits per heavy atom. The van der Waals surface area contributed by atoms with E-state index in [1.807, 2.05) is 42.5 Å². The summed E-state index contributed by atoms with van der Waals surface area (Å²) in [6.45, 7) is 2.15. The topological polar surface area (TPSA) is 18.5 Å². The van der Waals surface area contributed by atoms with Crippen molar-refractivity contribution in [2.75, 3.05) is 20.0 Å². The SMILES string of the molecule is CCSSC(=C(OC)c1ccccc1OC)c1ccccc1. The van der Waals surface area contributed by atoms with Crippen molar-refractivity contribution in [1.29, 1.82) is 0 Å². The van der Waals surface area contributed by atoms with Crippen LogP contribution in [0.15, 0.2) is 54.6 Å². The molecule has 2 aromatic rings. The van der Waals surface area contributed by atoms with Crippen molar-refractivity contribution in [3.05, 3.63) is 65.7 Å². The zero-order valence-electron chi connectivity index (χ0n) is 13.0. The largest absolute Gasteiger partial charge is 0.496 e. The summed E-state index contributed by atoms with van der Waals surface area (Å²) in [5.41, 5.74) is 2.12. The second-order valence-electron chi connectivity index (χ2n) is 4.42. The molecule has 0 spiro atoms. The van der Waals surface area contributed by atoms with Gasteiger partial charge in [0.1, 0.15) is 11.5 Å². The van der Waals surface area contributed by atoms with Gasteiger partial charge in [-0.25, -0.2) is 0 Å². The van der Waals surface area contributed by atoms with Crippen molar-refractivity contribution in [3.63, 3.8) is 0 Å². The highest BCUT2D eigenvalue weighted by Crippen LogP contribution is 2.43. The summed E-state index contributed by atoms with van der Waals surface area (Å²) in [5.74, 6) is 2.69. The van der Waals surface area contributed by atoms with Gasteiger partial charge >= 0.3 is 0 Å². The highest BCUT2D eigenvalue weighted by atomic mass is 33.1. The first-order valence-corrected chi connectivity index (χ1v) is 9.40. The molecule has 2 rings (SSSR count). The average Bonchev–Trinajstić information content (AvgIpc) is 2.59. The summed E-state index contributed by atoms with van der Waals surface area (Å²) < 4.78 is 11.2. The van der Waals surface area contributed by atoms with Crippen LogP contribution in [0.25, 0.3) is 10.7 Å². The third kappa shape index (κ3) is 4.02. The first-order valence-electron chi connectivity index (χ1n) is 7.08.